The summed E-state index contributed by atoms with van der Waals surface area (Å²) in [6, 6.07) is 5.75. The molecule has 1 heterocycles. The van der Waals surface area contributed by atoms with E-state index in [9.17, 15) is 0 Å². The fourth-order valence-electron chi connectivity index (χ4n) is 2.37. The number of hydroxylamine groups is 1. The lowest BCUT2D eigenvalue weighted by molar-refractivity contribution is -0.0675. The van der Waals surface area contributed by atoms with Crippen molar-refractivity contribution in [3.63, 3.8) is 0 Å². The molecule has 0 aliphatic rings. The Morgan fingerprint density at radius 1 is 1.44 bits per heavy atom. The SMILES string of the molecule is CN=C(C)/C=C(/Cl)NN(C)Oc1ccc(-c2c(N)n[nH]c2C)c(C)c1. The highest BCUT2D eigenvalue weighted by atomic mass is 35.5. The van der Waals surface area contributed by atoms with Crippen LogP contribution in [0.5, 0.6) is 5.75 Å². The van der Waals surface area contributed by atoms with Gasteiger partial charge in [0.1, 0.15) is 10.9 Å². The first-order valence-corrected chi connectivity index (χ1v) is 8.10. The smallest absolute Gasteiger partial charge is 0.153 e. The normalized spacial score (nSPS) is 12.6. The minimum absolute atomic E-state index is 0.403. The van der Waals surface area contributed by atoms with Crippen LogP contribution < -0.4 is 16.0 Å². The number of nitrogen functional groups attached to an aromatic ring is 1. The zero-order valence-corrected chi connectivity index (χ0v) is 15.8. The zero-order chi connectivity index (χ0) is 18.6. The molecule has 0 aliphatic carbocycles. The Morgan fingerprint density at radius 2 is 2.16 bits per heavy atom. The highest BCUT2D eigenvalue weighted by molar-refractivity contribution is 6.30. The molecule has 1 aromatic heterocycles. The molecule has 0 atom stereocenters. The average Bonchev–Trinajstić information content (AvgIpc) is 2.86. The summed E-state index contributed by atoms with van der Waals surface area (Å²) in [4.78, 5) is 9.73. The Hall–Kier alpha value is -2.51. The molecule has 2 aromatic rings. The van der Waals surface area contributed by atoms with E-state index in [0.29, 0.717) is 16.7 Å². The number of allylic oxidation sites excluding steroid dienone is 1. The van der Waals surface area contributed by atoms with Crippen molar-refractivity contribution >= 4 is 23.1 Å². The lowest BCUT2D eigenvalue weighted by atomic mass is 10.0. The van der Waals surface area contributed by atoms with E-state index in [4.69, 9.17) is 22.2 Å². The van der Waals surface area contributed by atoms with Crippen molar-refractivity contribution in [2.45, 2.75) is 20.8 Å². The highest BCUT2D eigenvalue weighted by Gasteiger charge is 2.13. The number of nitrogens with two attached hydrogens (primary N) is 1. The van der Waals surface area contributed by atoms with E-state index in [2.05, 4.69) is 20.6 Å². The molecular weight excluding hydrogens is 340 g/mol. The minimum Gasteiger partial charge on any atom is -0.387 e. The van der Waals surface area contributed by atoms with Gasteiger partial charge in [0.2, 0.25) is 0 Å². The number of aromatic amines is 1. The lowest BCUT2D eigenvalue weighted by Crippen LogP contribution is -2.35. The molecule has 2 rings (SSSR count). The van der Waals surface area contributed by atoms with Crippen molar-refractivity contribution in [3.8, 4) is 16.9 Å². The first-order chi connectivity index (χ1) is 11.8. The third kappa shape index (κ3) is 4.74. The van der Waals surface area contributed by atoms with Crippen LogP contribution in [0, 0.1) is 13.8 Å². The number of aryl methyl sites for hydroxylation is 2. The Kier molecular flexibility index (Phi) is 6.06. The minimum atomic E-state index is 0.403. The maximum absolute atomic E-state index is 6.10. The van der Waals surface area contributed by atoms with Gasteiger partial charge >= 0.3 is 0 Å². The van der Waals surface area contributed by atoms with Crippen molar-refractivity contribution in [3.05, 3.63) is 40.7 Å². The van der Waals surface area contributed by atoms with E-state index >= 15 is 0 Å². The Bertz CT molecular complexity index is 792. The maximum Gasteiger partial charge on any atom is 0.153 e. The van der Waals surface area contributed by atoms with E-state index in [-0.39, 0.29) is 0 Å². The van der Waals surface area contributed by atoms with E-state index < -0.39 is 0 Å². The summed E-state index contributed by atoms with van der Waals surface area (Å²) >= 11 is 6.10. The molecule has 134 valence electrons. The van der Waals surface area contributed by atoms with Gasteiger partial charge in [0, 0.05) is 31.1 Å². The molecular formula is C17H23ClN6O. The average molecular weight is 363 g/mol. The molecule has 0 radical (unpaired) electrons. The van der Waals surface area contributed by atoms with Crippen LogP contribution in [0.3, 0.4) is 0 Å². The van der Waals surface area contributed by atoms with Gasteiger partial charge in [-0.15, -0.1) is 0 Å². The summed E-state index contributed by atoms with van der Waals surface area (Å²) in [5, 5.41) is 8.76. The van der Waals surface area contributed by atoms with Gasteiger partial charge in [-0.2, -0.15) is 5.10 Å². The monoisotopic (exact) mass is 362 g/mol. The number of anilines is 1. The standard InChI is InChI=1S/C17H23ClN6O/c1-10-8-13(25-24(5)23-15(18)9-11(2)20-4)6-7-14(10)16-12(3)21-22-17(16)19/h6-9,23H,1-5H3,(H3,19,21,22)/b15-9-,20-11?. The molecule has 25 heavy (non-hydrogen) atoms. The van der Waals surface area contributed by atoms with Gasteiger partial charge in [0.05, 0.1) is 0 Å². The number of hydrazine groups is 1. The zero-order valence-electron chi connectivity index (χ0n) is 15.0. The van der Waals surface area contributed by atoms with E-state index in [1.54, 1.807) is 20.2 Å². The van der Waals surface area contributed by atoms with E-state index in [0.717, 1.165) is 28.1 Å². The number of hydrogen-bond acceptors (Lipinski definition) is 6. The van der Waals surface area contributed by atoms with Gasteiger partial charge in [-0.3, -0.25) is 15.5 Å². The van der Waals surface area contributed by atoms with Crippen molar-refractivity contribution in [2.24, 2.45) is 4.99 Å². The summed E-state index contributed by atoms with van der Waals surface area (Å²) in [6.45, 7) is 5.79. The van der Waals surface area contributed by atoms with Crippen LogP contribution in [-0.4, -0.2) is 35.2 Å². The van der Waals surface area contributed by atoms with Crippen molar-refractivity contribution in [1.29, 1.82) is 0 Å². The van der Waals surface area contributed by atoms with Crippen LogP contribution >= 0.6 is 11.6 Å². The number of aliphatic imine (C=N–C) groups is 1. The summed E-state index contributed by atoms with van der Waals surface area (Å²) in [6.07, 6.45) is 1.71. The molecule has 7 nitrogen and oxygen atoms in total. The van der Waals surface area contributed by atoms with Crippen LogP contribution in [0.4, 0.5) is 5.82 Å². The number of nitrogens with one attached hydrogen (secondary N) is 2. The maximum atomic E-state index is 6.10. The number of rotatable bonds is 6. The van der Waals surface area contributed by atoms with E-state index in [1.807, 2.05) is 39.0 Å². The first kappa shape index (κ1) is 18.8. The molecule has 0 unspecified atom stereocenters. The molecule has 0 bridgehead atoms. The van der Waals surface area contributed by atoms with Gasteiger partial charge in [-0.25, -0.2) is 0 Å². The third-order valence-corrected chi connectivity index (χ3v) is 3.83. The van der Waals surface area contributed by atoms with Crippen molar-refractivity contribution in [2.75, 3.05) is 19.8 Å². The highest BCUT2D eigenvalue weighted by Crippen LogP contribution is 2.32. The fourth-order valence-corrected chi connectivity index (χ4v) is 2.65. The summed E-state index contributed by atoms with van der Waals surface area (Å²) in [5.41, 5.74) is 13.5. The fraction of sp³-hybridized carbons (Fsp3) is 0.294. The molecule has 4 N–H and O–H groups in total. The van der Waals surface area contributed by atoms with Crippen LogP contribution in [0.1, 0.15) is 18.2 Å². The second-order valence-corrected chi connectivity index (χ2v) is 6.05. The number of aromatic nitrogens is 2. The quantitative estimate of drug-likeness (QED) is 0.417. The number of nitrogens with zero attached hydrogens (tertiary/aromatic N) is 3. The van der Waals surface area contributed by atoms with Gasteiger partial charge in [-0.05, 0) is 50.1 Å². The molecule has 1 aromatic carbocycles. The van der Waals surface area contributed by atoms with Gasteiger partial charge in [-0.1, -0.05) is 22.8 Å². The van der Waals surface area contributed by atoms with Gasteiger partial charge in [0.15, 0.2) is 5.82 Å². The lowest BCUT2D eigenvalue weighted by Gasteiger charge is -2.19. The molecule has 8 heteroatoms. The van der Waals surface area contributed by atoms with Crippen LogP contribution in [0.25, 0.3) is 11.1 Å². The third-order valence-electron chi connectivity index (χ3n) is 3.64. The second-order valence-electron chi connectivity index (χ2n) is 5.64. The predicted octanol–water partition coefficient (Wildman–Crippen LogP) is 3.18. The van der Waals surface area contributed by atoms with Gasteiger partial charge < -0.3 is 10.6 Å². The predicted molar refractivity (Wildman–Crippen MR) is 102 cm³/mol. The molecule has 0 saturated heterocycles. The number of hydrogen-bond donors (Lipinski definition) is 3. The summed E-state index contributed by atoms with van der Waals surface area (Å²) in [5.74, 6) is 1.15. The Morgan fingerprint density at radius 3 is 2.72 bits per heavy atom. The van der Waals surface area contributed by atoms with Crippen molar-refractivity contribution in [1.82, 2.24) is 20.8 Å². The number of H-pyrrole nitrogens is 1. The first-order valence-electron chi connectivity index (χ1n) is 7.72. The molecule has 0 spiro atoms. The number of benzene rings is 1. The summed E-state index contributed by atoms with van der Waals surface area (Å²) < 4.78 is 0. The molecule has 0 fully saturated rings. The Balaban J connectivity index is 2.12. The molecule has 0 aliphatic heterocycles. The van der Waals surface area contributed by atoms with Crippen LogP contribution in [-0.2, 0) is 0 Å². The molecule has 0 saturated carbocycles. The number of halogens is 1. The van der Waals surface area contributed by atoms with Gasteiger partial charge in [0.25, 0.3) is 0 Å². The van der Waals surface area contributed by atoms with Crippen LogP contribution in [0.2, 0.25) is 0 Å². The molecule has 0 amide bonds. The van der Waals surface area contributed by atoms with Crippen molar-refractivity contribution < 1.29 is 4.84 Å². The topological polar surface area (TPSA) is 91.6 Å². The second kappa shape index (κ2) is 8.04. The van der Waals surface area contributed by atoms with E-state index in [1.165, 1.54) is 5.17 Å². The largest absolute Gasteiger partial charge is 0.387 e. The van der Waals surface area contributed by atoms with Crippen LogP contribution in [0.15, 0.2) is 34.4 Å². The summed E-state index contributed by atoms with van der Waals surface area (Å²) in [7, 11) is 3.42. The Labute approximate surface area is 152 Å².